The number of hydrogen-bond acceptors (Lipinski definition) is 6. The summed E-state index contributed by atoms with van der Waals surface area (Å²) in [6.45, 7) is 1.64. The van der Waals surface area contributed by atoms with E-state index in [1.807, 2.05) is 57.9 Å². The Kier molecular flexibility index (Phi) is 7.32. The van der Waals surface area contributed by atoms with Gasteiger partial charge in [0.2, 0.25) is 11.6 Å². The van der Waals surface area contributed by atoms with E-state index >= 15 is 0 Å². The van der Waals surface area contributed by atoms with Crippen molar-refractivity contribution in [3.8, 4) is 17.7 Å². The van der Waals surface area contributed by atoms with Crippen LogP contribution in [0.25, 0.3) is 11.6 Å². The molecule has 0 amide bonds. The van der Waals surface area contributed by atoms with Crippen LogP contribution < -0.4 is 0 Å². The van der Waals surface area contributed by atoms with E-state index in [4.69, 9.17) is 5.26 Å². The van der Waals surface area contributed by atoms with Crippen molar-refractivity contribution in [2.45, 2.75) is 25.9 Å². The minimum atomic E-state index is 0.478. The van der Waals surface area contributed by atoms with Gasteiger partial charge >= 0.3 is 0 Å². The third-order valence-corrected chi connectivity index (χ3v) is 5.04. The summed E-state index contributed by atoms with van der Waals surface area (Å²) in [4.78, 5) is 8.20. The number of hydrogen-bond donors (Lipinski definition) is 1. The zero-order chi connectivity index (χ0) is 22.7. The molecule has 0 aliphatic rings. The number of aromatic nitrogens is 8. The largest absolute Gasteiger partial charge is 0.328 e. The smallest absolute Gasteiger partial charge is 0.240 e. The number of imidazole rings is 2. The second kappa shape index (κ2) is 11.2. The summed E-state index contributed by atoms with van der Waals surface area (Å²) >= 11 is 0. The number of benzene rings is 2. The van der Waals surface area contributed by atoms with Crippen LogP contribution in [0.3, 0.4) is 0 Å². The maximum absolute atomic E-state index is 8.77. The Bertz CT molecular complexity index is 1270. The standard InChI is InChI=1S/C12H12N6.C12H11N3/c1-2-4-10(5-3-1)6-8-18-9-7-13-12(18)11-14-16-17-15-11;13-10-12-14-7-9-15(12)8-6-11-4-2-1-3-5-11/h1-5,7,9H,6,8H2,(H,14,15,16,17);1-5,7,9H,6,8H2. The lowest BCUT2D eigenvalue weighted by atomic mass is 10.1. The molecule has 0 bridgehead atoms. The average Bonchev–Trinajstić information content (AvgIpc) is 3.64. The third kappa shape index (κ3) is 5.98. The molecular weight excluding hydrogens is 414 g/mol. The number of H-pyrrole nitrogens is 1. The molecule has 0 aliphatic heterocycles. The maximum atomic E-state index is 8.77. The van der Waals surface area contributed by atoms with Gasteiger partial charge in [0.1, 0.15) is 6.07 Å². The lowest BCUT2D eigenvalue weighted by Gasteiger charge is -2.05. The molecule has 1 N–H and O–H groups in total. The first-order chi connectivity index (χ1) is 16.3. The van der Waals surface area contributed by atoms with Crippen LogP contribution in [0.2, 0.25) is 0 Å². The summed E-state index contributed by atoms with van der Waals surface area (Å²) in [6, 6.07) is 22.6. The molecule has 0 fully saturated rings. The van der Waals surface area contributed by atoms with Gasteiger partial charge in [0.15, 0.2) is 5.82 Å². The van der Waals surface area contributed by atoms with Crippen molar-refractivity contribution in [3.05, 3.63) is 102 Å². The SMILES string of the molecule is N#Cc1nccn1CCc1ccccc1.c1ccc(CCn2ccnc2-c2nn[nH]n2)cc1. The number of nitrogens with zero attached hydrogens (tertiary/aromatic N) is 8. The van der Waals surface area contributed by atoms with Gasteiger partial charge < -0.3 is 9.13 Å². The molecule has 3 aromatic heterocycles. The topological polar surface area (TPSA) is 114 Å². The fourth-order valence-corrected chi connectivity index (χ4v) is 3.34. The molecule has 0 saturated heterocycles. The molecule has 0 unspecified atom stereocenters. The Morgan fingerprint density at radius 1 is 0.788 bits per heavy atom. The normalized spacial score (nSPS) is 10.3. The number of tetrazole rings is 1. The van der Waals surface area contributed by atoms with E-state index in [2.05, 4.69) is 60.9 Å². The van der Waals surface area contributed by atoms with Crippen molar-refractivity contribution in [2.75, 3.05) is 0 Å². The molecule has 3 heterocycles. The van der Waals surface area contributed by atoms with Crippen LogP contribution in [0.4, 0.5) is 0 Å². The molecule has 0 atom stereocenters. The summed E-state index contributed by atoms with van der Waals surface area (Å²) in [5.41, 5.74) is 2.57. The molecule has 0 radical (unpaired) electrons. The fourth-order valence-electron chi connectivity index (χ4n) is 3.34. The molecular formula is C24H23N9. The molecule has 5 rings (SSSR count). The monoisotopic (exact) mass is 437 g/mol. The van der Waals surface area contributed by atoms with Gasteiger partial charge in [0.25, 0.3) is 0 Å². The molecule has 0 spiro atoms. The van der Waals surface area contributed by atoms with Crippen molar-refractivity contribution in [1.82, 2.24) is 39.7 Å². The highest BCUT2D eigenvalue weighted by atomic mass is 15.5. The van der Waals surface area contributed by atoms with Gasteiger partial charge in [-0.05, 0) is 29.2 Å². The highest BCUT2D eigenvalue weighted by Gasteiger charge is 2.09. The van der Waals surface area contributed by atoms with E-state index in [0.29, 0.717) is 11.6 Å². The molecule has 2 aromatic carbocycles. The van der Waals surface area contributed by atoms with E-state index < -0.39 is 0 Å². The lowest BCUT2D eigenvalue weighted by molar-refractivity contribution is 0.686. The van der Waals surface area contributed by atoms with Crippen LogP contribution in [0.15, 0.2) is 85.5 Å². The molecule has 5 aromatic rings. The van der Waals surface area contributed by atoms with Gasteiger partial charge in [0, 0.05) is 37.9 Å². The Balaban J connectivity index is 0.000000160. The van der Waals surface area contributed by atoms with Crippen molar-refractivity contribution < 1.29 is 0 Å². The molecule has 33 heavy (non-hydrogen) atoms. The third-order valence-electron chi connectivity index (χ3n) is 5.04. The van der Waals surface area contributed by atoms with Crippen LogP contribution in [0.1, 0.15) is 17.0 Å². The van der Waals surface area contributed by atoms with Gasteiger partial charge in [0.05, 0.1) is 0 Å². The average molecular weight is 438 g/mol. The van der Waals surface area contributed by atoms with Crippen molar-refractivity contribution in [3.63, 3.8) is 0 Å². The first-order valence-corrected chi connectivity index (χ1v) is 10.6. The van der Waals surface area contributed by atoms with Crippen LogP contribution >= 0.6 is 0 Å². The molecule has 0 saturated carbocycles. The minimum absolute atomic E-state index is 0.478. The highest BCUT2D eigenvalue weighted by molar-refractivity contribution is 5.41. The van der Waals surface area contributed by atoms with Crippen molar-refractivity contribution in [2.24, 2.45) is 0 Å². The van der Waals surface area contributed by atoms with Gasteiger partial charge in [-0.15, -0.1) is 10.2 Å². The molecule has 0 aliphatic carbocycles. The summed E-state index contributed by atoms with van der Waals surface area (Å²) in [5.74, 6) is 1.73. The molecule has 9 nitrogen and oxygen atoms in total. The Labute approximate surface area is 191 Å². The van der Waals surface area contributed by atoms with Crippen molar-refractivity contribution >= 4 is 0 Å². The van der Waals surface area contributed by atoms with Crippen LogP contribution in [-0.2, 0) is 25.9 Å². The number of rotatable bonds is 7. The van der Waals surface area contributed by atoms with E-state index in [0.717, 1.165) is 31.8 Å². The summed E-state index contributed by atoms with van der Waals surface area (Å²) in [5, 5.41) is 22.6. The van der Waals surface area contributed by atoms with Crippen molar-refractivity contribution in [1.29, 1.82) is 5.26 Å². The molecule has 164 valence electrons. The summed E-state index contributed by atoms with van der Waals surface area (Å²) < 4.78 is 3.89. The Morgan fingerprint density at radius 2 is 1.39 bits per heavy atom. The predicted molar refractivity (Wildman–Crippen MR) is 123 cm³/mol. The maximum Gasteiger partial charge on any atom is 0.240 e. The number of aromatic amines is 1. The zero-order valence-corrected chi connectivity index (χ0v) is 18.0. The predicted octanol–water partition coefficient (Wildman–Crippen LogP) is 3.30. The van der Waals surface area contributed by atoms with Crippen LogP contribution in [-0.4, -0.2) is 39.7 Å². The number of nitrogens with one attached hydrogen (secondary N) is 1. The first-order valence-electron chi connectivity index (χ1n) is 10.6. The Hall–Kier alpha value is -4.58. The number of nitriles is 1. The minimum Gasteiger partial charge on any atom is -0.328 e. The second-order valence-electron chi connectivity index (χ2n) is 7.21. The quantitative estimate of drug-likeness (QED) is 0.418. The van der Waals surface area contributed by atoms with Crippen LogP contribution in [0, 0.1) is 11.3 Å². The fraction of sp³-hybridized carbons (Fsp3) is 0.167. The Morgan fingerprint density at radius 3 is 2.00 bits per heavy atom. The van der Waals surface area contributed by atoms with Crippen LogP contribution in [0.5, 0.6) is 0 Å². The molecule has 9 heteroatoms. The number of aryl methyl sites for hydroxylation is 4. The van der Waals surface area contributed by atoms with Gasteiger partial charge in [-0.2, -0.15) is 10.5 Å². The van der Waals surface area contributed by atoms with Gasteiger partial charge in [-0.3, -0.25) is 0 Å². The van der Waals surface area contributed by atoms with E-state index in [-0.39, 0.29) is 0 Å². The first kappa shape index (κ1) is 21.6. The van der Waals surface area contributed by atoms with Gasteiger partial charge in [-0.1, -0.05) is 60.7 Å². The second-order valence-corrected chi connectivity index (χ2v) is 7.21. The van der Waals surface area contributed by atoms with E-state index in [1.165, 1.54) is 11.1 Å². The zero-order valence-electron chi connectivity index (χ0n) is 18.0. The van der Waals surface area contributed by atoms with E-state index in [1.54, 1.807) is 12.4 Å². The van der Waals surface area contributed by atoms with Gasteiger partial charge in [-0.25, -0.2) is 9.97 Å². The highest BCUT2D eigenvalue weighted by Crippen LogP contribution is 2.11. The van der Waals surface area contributed by atoms with E-state index in [9.17, 15) is 0 Å². The summed E-state index contributed by atoms with van der Waals surface area (Å²) in [6.07, 6.45) is 9.03. The summed E-state index contributed by atoms with van der Waals surface area (Å²) in [7, 11) is 0. The lowest BCUT2D eigenvalue weighted by Crippen LogP contribution is -2.03.